The molecule has 1 N–H and O–H groups in total. The van der Waals surface area contributed by atoms with Crippen LogP contribution in [0, 0.1) is 5.92 Å². The van der Waals surface area contributed by atoms with E-state index in [1.807, 2.05) is 19.1 Å². The Morgan fingerprint density at radius 1 is 1.21 bits per heavy atom. The number of rotatable bonds is 6. The Kier molecular flexibility index (Phi) is 6.59. The number of nitrogens with one attached hydrogen (secondary N) is 1. The van der Waals surface area contributed by atoms with Crippen LogP contribution in [-0.2, 0) is 14.8 Å². The smallest absolute Gasteiger partial charge is 0.243 e. The molecule has 1 fully saturated rings. The van der Waals surface area contributed by atoms with E-state index in [9.17, 15) is 13.2 Å². The molecule has 2 aromatic carbocycles. The number of halogens is 1. The number of para-hydroxylation sites is 2. The van der Waals surface area contributed by atoms with Crippen molar-refractivity contribution in [3.63, 3.8) is 0 Å². The fourth-order valence-corrected chi connectivity index (χ4v) is 4.87. The maximum Gasteiger partial charge on any atom is 0.243 e. The van der Waals surface area contributed by atoms with Crippen molar-refractivity contribution in [2.45, 2.75) is 24.7 Å². The molecule has 150 valence electrons. The molecule has 0 bridgehead atoms. The lowest BCUT2D eigenvalue weighted by Gasteiger charge is -2.31. The van der Waals surface area contributed by atoms with Crippen molar-refractivity contribution in [2.24, 2.45) is 5.92 Å². The summed E-state index contributed by atoms with van der Waals surface area (Å²) in [5, 5.41) is 3.36. The Hall–Kier alpha value is -2.09. The second-order valence-corrected chi connectivity index (χ2v) is 8.95. The molecule has 0 aliphatic carbocycles. The summed E-state index contributed by atoms with van der Waals surface area (Å²) in [5.41, 5.74) is 0.590. The summed E-state index contributed by atoms with van der Waals surface area (Å²) in [6.45, 7) is 2.90. The Labute approximate surface area is 170 Å². The Balaban J connectivity index is 1.72. The van der Waals surface area contributed by atoms with Gasteiger partial charge in [-0.15, -0.1) is 0 Å². The van der Waals surface area contributed by atoms with E-state index in [1.54, 1.807) is 24.3 Å². The van der Waals surface area contributed by atoms with Gasteiger partial charge in [-0.1, -0.05) is 23.7 Å². The molecule has 0 aromatic heterocycles. The van der Waals surface area contributed by atoms with E-state index in [0.717, 1.165) is 0 Å². The number of piperidine rings is 1. The van der Waals surface area contributed by atoms with E-state index in [-0.39, 0.29) is 17.3 Å². The molecule has 1 saturated heterocycles. The third kappa shape index (κ3) is 4.66. The first-order valence-electron chi connectivity index (χ1n) is 9.20. The van der Waals surface area contributed by atoms with Crippen LogP contribution in [0.3, 0.4) is 0 Å². The van der Waals surface area contributed by atoms with Crippen LogP contribution in [0.25, 0.3) is 0 Å². The zero-order valence-corrected chi connectivity index (χ0v) is 17.2. The minimum atomic E-state index is -3.66. The summed E-state index contributed by atoms with van der Waals surface area (Å²) in [6, 6.07) is 13.3. The van der Waals surface area contributed by atoms with Crippen molar-refractivity contribution in [1.82, 2.24) is 4.31 Å². The molecule has 1 atom stereocenters. The van der Waals surface area contributed by atoms with E-state index in [0.29, 0.717) is 42.5 Å². The van der Waals surface area contributed by atoms with Crippen molar-refractivity contribution < 1.29 is 17.9 Å². The highest BCUT2D eigenvalue weighted by Crippen LogP contribution is 2.28. The van der Waals surface area contributed by atoms with E-state index in [1.165, 1.54) is 16.4 Å². The monoisotopic (exact) mass is 422 g/mol. The molecular weight excluding hydrogens is 400 g/mol. The highest BCUT2D eigenvalue weighted by molar-refractivity contribution is 7.89. The van der Waals surface area contributed by atoms with Gasteiger partial charge >= 0.3 is 0 Å². The molecule has 6 nitrogen and oxygen atoms in total. The lowest BCUT2D eigenvalue weighted by atomic mass is 9.98. The van der Waals surface area contributed by atoms with Gasteiger partial charge in [-0.25, -0.2) is 8.42 Å². The average Bonchev–Trinajstić information content (AvgIpc) is 2.70. The van der Waals surface area contributed by atoms with Crippen LogP contribution >= 0.6 is 11.6 Å². The predicted octanol–water partition coefficient (Wildman–Crippen LogP) is 3.78. The fraction of sp³-hybridized carbons (Fsp3) is 0.350. The quantitative estimate of drug-likeness (QED) is 0.768. The first-order chi connectivity index (χ1) is 13.4. The van der Waals surface area contributed by atoms with Gasteiger partial charge in [0.1, 0.15) is 5.75 Å². The summed E-state index contributed by atoms with van der Waals surface area (Å²) in [5.74, 6) is -0.0338. The van der Waals surface area contributed by atoms with Gasteiger partial charge < -0.3 is 10.1 Å². The lowest BCUT2D eigenvalue weighted by molar-refractivity contribution is -0.120. The number of amides is 1. The number of nitrogens with zero attached hydrogens (tertiary/aromatic N) is 1. The lowest BCUT2D eigenvalue weighted by Crippen LogP contribution is -2.43. The first-order valence-corrected chi connectivity index (χ1v) is 11.0. The largest absolute Gasteiger partial charge is 0.492 e. The average molecular weight is 423 g/mol. The van der Waals surface area contributed by atoms with Crippen molar-refractivity contribution >= 4 is 33.2 Å². The van der Waals surface area contributed by atoms with Crippen molar-refractivity contribution in [3.05, 3.63) is 53.6 Å². The van der Waals surface area contributed by atoms with Gasteiger partial charge in [-0.2, -0.15) is 4.31 Å². The summed E-state index contributed by atoms with van der Waals surface area (Å²) in [6.07, 6.45) is 1.26. The maximum absolute atomic E-state index is 12.9. The van der Waals surface area contributed by atoms with Gasteiger partial charge in [0, 0.05) is 18.1 Å². The predicted molar refractivity (Wildman–Crippen MR) is 109 cm³/mol. The summed E-state index contributed by atoms with van der Waals surface area (Å²) in [7, 11) is -3.66. The van der Waals surface area contributed by atoms with Gasteiger partial charge in [0.05, 0.1) is 23.1 Å². The van der Waals surface area contributed by atoms with Gasteiger partial charge in [0.25, 0.3) is 0 Å². The van der Waals surface area contributed by atoms with Crippen LogP contribution < -0.4 is 10.1 Å². The molecule has 0 spiro atoms. The molecule has 1 aliphatic heterocycles. The number of sulfonamides is 1. The minimum Gasteiger partial charge on any atom is -0.492 e. The van der Waals surface area contributed by atoms with E-state index in [4.69, 9.17) is 16.3 Å². The van der Waals surface area contributed by atoms with Crippen LogP contribution in [0.5, 0.6) is 5.75 Å². The van der Waals surface area contributed by atoms with Gasteiger partial charge in [0.2, 0.25) is 15.9 Å². The standard InChI is InChI=1S/C20H23ClN2O4S/c1-2-27-19-8-4-3-7-18(19)22-20(24)15-6-5-13-23(14-15)28(25,26)17-11-9-16(21)10-12-17/h3-4,7-12,15H,2,5-6,13-14H2,1H3,(H,22,24). The number of benzene rings is 2. The molecule has 2 aromatic rings. The normalized spacial score (nSPS) is 17.9. The zero-order chi connectivity index (χ0) is 20.1. The molecule has 0 radical (unpaired) electrons. The molecule has 1 unspecified atom stereocenters. The molecule has 28 heavy (non-hydrogen) atoms. The van der Waals surface area contributed by atoms with Crippen LogP contribution in [0.4, 0.5) is 5.69 Å². The third-order valence-electron chi connectivity index (χ3n) is 4.65. The van der Waals surface area contributed by atoms with E-state index in [2.05, 4.69) is 5.32 Å². The van der Waals surface area contributed by atoms with Crippen molar-refractivity contribution in [2.75, 3.05) is 25.0 Å². The SMILES string of the molecule is CCOc1ccccc1NC(=O)C1CCCN(S(=O)(=O)c2ccc(Cl)cc2)C1. The number of carbonyl (C=O) groups is 1. The number of hydrogen-bond donors (Lipinski definition) is 1. The molecule has 8 heteroatoms. The van der Waals surface area contributed by atoms with Gasteiger partial charge in [-0.3, -0.25) is 4.79 Å². The number of carbonyl (C=O) groups excluding carboxylic acids is 1. The number of hydrogen-bond acceptors (Lipinski definition) is 4. The van der Waals surface area contributed by atoms with Crippen LogP contribution in [-0.4, -0.2) is 38.3 Å². The Bertz CT molecular complexity index is 931. The Morgan fingerprint density at radius 2 is 1.93 bits per heavy atom. The summed E-state index contributed by atoms with van der Waals surface area (Å²) in [4.78, 5) is 13.0. The highest BCUT2D eigenvalue weighted by Gasteiger charge is 2.33. The van der Waals surface area contributed by atoms with Crippen molar-refractivity contribution in [3.8, 4) is 5.75 Å². The Morgan fingerprint density at radius 3 is 2.64 bits per heavy atom. The van der Waals surface area contributed by atoms with Crippen LogP contribution in [0.2, 0.25) is 5.02 Å². The van der Waals surface area contributed by atoms with Gasteiger partial charge in [0.15, 0.2) is 0 Å². The van der Waals surface area contributed by atoms with Crippen molar-refractivity contribution in [1.29, 1.82) is 0 Å². The fourth-order valence-electron chi connectivity index (χ4n) is 3.22. The molecular formula is C20H23ClN2O4S. The molecule has 1 aliphatic rings. The first kappa shape index (κ1) is 20.6. The molecule has 0 saturated carbocycles. The topological polar surface area (TPSA) is 75.7 Å². The third-order valence-corrected chi connectivity index (χ3v) is 6.78. The second kappa shape index (κ2) is 8.94. The van der Waals surface area contributed by atoms with Crippen LogP contribution in [0.15, 0.2) is 53.4 Å². The molecule has 1 amide bonds. The van der Waals surface area contributed by atoms with E-state index < -0.39 is 15.9 Å². The maximum atomic E-state index is 12.9. The van der Waals surface area contributed by atoms with Crippen LogP contribution in [0.1, 0.15) is 19.8 Å². The summed E-state index contributed by atoms with van der Waals surface area (Å²) < 4.78 is 32.7. The minimum absolute atomic E-state index is 0.146. The molecule has 1 heterocycles. The zero-order valence-electron chi connectivity index (χ0n) is 15.6. The highest BCUT2D eigenvalue weighted by atomic mass is 35.5. The molecule has 3 rings (SSSR count). The second-order valence-electron chi connectivity index (χ2n) is 6.57. The summed E-state index contributed by atoms with van der Waals surface area (Å²) >= 11 is 5.85. The van der Waals surface area contributed by atoms with E-state index >= 15 is 0 Å². The number of ether oxygens (including phenoxy) is 1. The number of anilines is 1. The van der Waals surface area contributed by atoms with Gasteiger partial charge in [-0.05, 0) is 56.2 Å².